The van der Waals surface area contributed by atoms with Crippen molar-refractivity contribution in [1.82, 2.24) is 0 Å². The van der Waals surface area contributed by atoms with E-state index in [1.807, 2.05) is 19.9 Å². The van der Waals surface area contributed by atoms with E-state index in [1.165, 1.54) is 16.7 Å². The van der Waals surface area contributed by atoms with E-state index in [-0.39, 0.29) is 5.41 Å². The van der Waals surface area contributed by atoms with E-state index in [0.717, 1.165) is 12.1 Å². The maximum atomic E-state index is 5.83. The number of fused-ring (bicyclic) bond motifs is 1. The predicted octanol–water partition coefficient (Wildman–Crippen LogP) is 4.38. The van der Waals surface area contributed by atoms with Gasteiger partial charge in [-0.25, -0.2) is 0 Å². The smallest absolute Gasteiger partial charge is 0.0317 e. The van der Waals surface area contributed by atoms with Crippen LogP contribution in [0.2, 0.25) is 0 Å². The maximum absolute atomic E-state index is 5.83. The van der Waals surface area contributed by atoms with Crippen molar-refractivity contribution in [2.45, 2.75) is 46.5 Å². The fourth-order valence-electron chi connectivity index (χ4n) is 2.09. The SMILES string of the molecule is CC.CC1=CCC(C)(C)c2cc(N)ccc21. The lowest BCUT2D eigenvalue weighted by molar-refractivity contribution is 0.527. The Morgan fingerprint density at radius 1 is 1.19 bits per heavy atom. The molecule has 0 saturated carbocycles. The van der Waals surface area contributed by atoms with Gasteiger partial charge in [-0.15, -0.1) is 0 Å². The first kappa shape index (κ1) is 12.8. The van der Waals surface area contributed by atoms with Crippen LogP contribution in [0, 0.1) is 0 Å². The van der Waals surface area contributed by atoms with Crippen LogP contribution in [0.4, 0.5) is 5.69 Å². The van der Waals surface area contributed by atoms with Crippen molar-refractivity contribution < 1.29 is 0 Å². The van der Waals surface area contributed by atoms with Gasteiger partial charge in [-0.2, -0.15) is 0 Å². The van der Waals surface area contributed by atoms with E-state index in [0.29, 0.717) is 0 Å². The number of nitrogen functional groups attached to an aromatic ring is 1. The molecule has 2 N–H and O–H groups in total. The Morgan fingerprint density at radius 3 is 2.44 bits per heavy atom. The van der Waals surface area contributed by atoms with Crippen molar-refractivity contribution in [3.05, 3.63) is 35.4 Å². The summed E-state index contributed by atoms with van der Waals surface area (Å²) >= 11 is 0. The van der Waals surface area contributed by atoms with Crippen molar-refractivity contribution in [2.75, 3.05) is 5.73 Å². The third kappa shape index (κ3) is 2.29. The summed E-state index contributed by atoms with van der Waals surface area (Å²) < 4.78 is 0. The predicted molar refractivity (Wildman–Crippen MR) is 73.5 cm³/mol. The van der Waals surface area contributed by atoms with Crippen LogP contribution in [0.3, 0.4) is 0 Å². The molecule has 0 aromatic heterocycles. The number of hydrogen-bond donors (Lipinski definition) is 1. The molecule has 0 heterocycles. The van der Waals surface area contributed by atoms with Crippen molar-refractivity contribution in [3.63, 3.8) is 0 Å². The van der Waals surface area contributed by atoms with Gasteiger partial charge in [0.05, 0.1) is 0 Å². The van der Waals surface area contributed by atoms with Gasteiger partial charge in [-0.1, -0.05) is 39.8 Å². The second-order valence-corrected chi connectivity index (χ2v) is 4.78. The molecule has 1 aromatic rings. The Bertz CT molecular complexity index is 400. The van der Waals surface area contributed by atoms with Gasteiger partial charge in [-0.3, -0.25) is 0 Å². The number of hydrogen-bond acceptors (Lipinski definition) is 1. The minimum Gasteiger partial charge on any atom is -0.399 e. The molecule has 0 saturated heterocycles. The molecule has 16 heavy (non-hydrogen) atoms. The summed E-state index contributed by atoms with van der Waals surface area (Å²) in [5.74, 6) is 0. The monoisotopic (exact) mass is 217 g/mol. The highest BCUT2D eigenvalue weighted by atomic mass is 14.5. The van der Waals surface area contributed by atoms with Gasteiger partial charge >= 0.3 is 0 Å². The molecule has 2 rings (SSSR count). The van der Waals surface area contributed by atoms with E-state index in [1.54, 1.807) is 0 Å². The average molecular weight is 217 g/mol. The average Bonchev–Trinajstić information content (AvgIpc) is 2.27. The molecule has 0 amide bonds. The molecule has 0 bridgehead atoms. The highest BCUT2D eigenvalue weighted by molar-refractivity contribution is 5.72. The minimum atomic E-state index is 0.226. The number of anilines is 1. The van der Waals surface area contributed by atoms with Gasteiger partial charge in [0.25, 0.3) is 0 Å². The molecule has 1 aliphatic rings. The topological polar surface area (TPSA) is 26.0 Å². The fraction of sp³-hybridized carbons (Fsp3) is 0.467. The summed E-state index contributed by atoms with van der Waals surface area (Å²) in [6.45, 7) is 10.7. The van der Waals surface area contributed by atoms with Gasteiger partial charge in [0.1, 0.15) is 0 Å². The van der Waals surface area contributed by atoms with Crippen LogP contribution < -0.4 is 5.73 Å². The molecular weight excluding hydrogens is 194 g/mol. The van der Waals surface area contributed by atoms with Gasteiger partial charge in [0.15, 0.2) is 0 Å². The molecule has 1 aliphatic carbocycles. The van der Waals surface area contributed by atoms with Crippen LogP contribution >= 0.6 is 0 Å². The van der Waals surface area contributed by atoms with E-state index >= 15 is 0 Å². The number of nitrogens with two attached hydrogens (primary N) is 1. The Labute approximate surface area is 99.4 Å². The van der Waals surface area contributed by atoms with Crippen LogP contribution in [0.1, 0.15) is 52.2 Å². The normalized spacial score (nSPS) is 16.7. The number of benzene rings is 1. The zero-order chi connectivity index (χ0) is 12.3. The number of allylic oxidation sites excluding steroid dienone is 2. The summed E-state index contributed by atoms with van der Waals surface area (Å²) in [6.07, 6.45) is 3.42. The van der Waals surface area contributed by atoms with Crippen LogP contribution in [0.15, 0.2) is 24.3 Å². The lowest BCUT2D eigenvalue weighted by atomic mass is 9.73. The van der Waals surface area contributed by atoms with Gasteiger partial charge in [0.2, 0.25) is 0 Å². The first-order valence-corrected chi connectivity index (χ1v) is 6.08. The third-order valence-corrected chi connectivity index (χ3v) is 3.12. The van der Waals surface area contributed by atoms with E-state index in [9.17, 15) is 0 Å². The van der Waals surface area contributed by atoms with Crippen LogP contribution in [0.5, 0.6) is 0 Å². The minimum absolute atomic E-state index is 0.226. The van der Waals surface area contributed by atoms with E-state index in [4.69, 9.17) is 5.73 Å². The molecule has 1 heteroatoms. The van der Waals surface area contributed by atoms with Gasteiger partial charge < -0.3 is 5.73 Å². The van der Waals surface area contributed by atoms with Crippen molar-refractivity contribution in [2.24, 2.45) is 0 Å². The molecule has 1 nitrogen and oxygen atoms in total. The van der Waals surface area contributed by atoms with E-state index in [2.05, 4.69) is 39.0 Å². The summed E-state index contributed by atoms with van der Waals surface area (Å²) in [5.41, 5.74) is 11.0. The Morgan fingerprint density at radius 2 is 1.81 bits per heavy atom. The quantitative estimate of drug-likeness (QED) is 0.641. The molecule has 0 spiro atoms. The first-order valence-electron chi connectivity index (χ1n) is 6.08. The van der Waals surface area contributed by atoms with Gasteiger partial charge in [-0.05, 0) is 47.6 Å². The molecule has 88 valence electrons. The summed E-state index contributed by atoms with van der Waals surface area (Å²) in [5, 5.41) is 0. The molecule has 0 aliphatic heterocycles. The summed E-state index contributed by atoms with van der Waals surface area (Å²) in [4.78, 5) is 0. The van der Waals surface area contributed by atoms with Crippen LogP contribution in [0.25, 0.3) is 5.57 Å². The zero-order valence-electron chi connectivity index (χ0n) is 11.1. The molecule has 0 radical (unpaired) electrons. The first-order chi connectivity index (χ1) is 7.50. The third-order valence-electron chi connectivity index (χ3n) is 3.12. The zero-order valence-corrected chi connectivity index (χ0v) is 11.1. The highest BCUT2D eigenvalue weighted by Crippen LogP contribution is 2.39. The molecule has 0 atom stereocenters. The molecule has 0 unspecified atom stereocenters. The summed E-state index contributed by atoms with van der Waals surface area (Å²) in [6, 6.07) is 6.24. The Hall–Kier alpha value is -1.24. The Kier molecular flexibility index (Phi) is 3.79. The number of rotatable bonds is 0. The maximum Gasteiger partial charge on any atom is 0.0317 e. The lowest BCUT2D eigenvalue weighted by Gasteiger charge is -2.31. The lowest BCUT2D eigenvalue weighted by Crippen LogP contribution is -2.21. The fourth-order valence-corrected chi connectivity index (χ4v) is 2.09. The second kappa shape index (κ2) is 4.73. The Balaban J connectivity index is 0.000000606. The van der Waals surface area contributed by atoms with Crippen LogP contribution in [-0.2, 0) is 5.41 Å². The molecular formula is C15H23N. The van der Waals surface area contributed by atoms with Crippen molar-refractivity contribution >= 4 is 11.3 Å². The summed E-state index contributed by atoms with van der Waals surface area (Å²) in [7, 11) is 0. The second-order valence-electron chi connectivity index (χ2n) is 4.78. The largest absolute Gasteiger partial charge is 0.399 e. The van der Waals surface area contributed by atoms with Crippen molar-refractivity contribution in [1.29, 1.82) is 0 Å². The van der Waals surface area contributed by atoms with Crippen LogP contribution in [-0.4, -0.2) is 0 Å². The standard InChI is InChI=1S/C13H17N.C2H6/c1-9-6-7-13(2,3)12-8-10(14)4-5-11(9)12;1-2/h4-6,8H,7,14H2,1-3H3;1-2H3. The van der Waals surface area contributed by atoms with Gasteiger partial charge in [0, 0.05) is 5.69 Å². The highest BCUT2D eigenvalue weighted by Gasteiger charge is 2.26. The van der Waals surface area contributed by atoms with Crippen molar-refractivity contribution in [3.8, 4) is 0 Å². The molecule has 0 fully saturated rings. The molecule has 1 aromatic carbocycles. The van der Waals surface area contributed by atoms with E-state index < -0.39 is 0 Å².